The van der Waals surface area contributed by atoms with Gasteiger partial charge in [0, 0.05) is 18.8 Å². The van der Waals surface area contributed by atoms with E-state index < -0.39 is 0 Å². The van der Waals surface area contributed by atoms with Gasteiger partial charge in [0.2, 0.25) is 5.91 Å². The summed E-state index contributed by atoms with van der Waals surface area (Å²) in [6, 6.07) is 11.8. The number of aromatic nitrogens is 2. The van der Waals surface area contributed by atoms with Gasteiger partial charge in [0.1, 0.15) is 5.82 Å². The van der Waals surface area contributed by atoms with Gasteiger partial charge in [-0.2, -0.15) is 0 Å². The molecule has 28 heavy (non-hydrogen) atoms. The minimum absolute atomic E-state index is 0.0412. The maximum atomic E-state index is 13.6. The number of fused-ring (bicyclic) bond motifs is 2. The number of anilines is 1. The van der Waals surface area contributed by atoms with E-state index in [1.54, 1.807) is 36.2 Å². The average molecular weight is 397 g/mol. The first-order chi connectivity index (χ1) is 13.5. The van der Waals surface area contributed by atoms with Crippen LogP contribution in [0.2, 0.25) is 0 Å². The van der Waals surface area contributed by atoms with E-state index >= 15 is 0 Å². The smallest absolute Gasteiger partial charge is 0.261 e. The molecule has 0 bridgehead atoms. The molecular formula is C21H20FN3O2S. The van der Waals surface area contributed by atoms with E-state index in [4.69, 9.17) is 0 Å². The quantitative estimate of drug-likeness (QED) is 0.501. The number of hydrogen-bond donors (Lipinski definition) is 0. The zero-order chi connectivity index (χ0) is 19.8. The maximum Gasteiger partial charge on any atom is 0.261 e. The van der Waals surface area contributed by atoms with Crippen molar-refractivity contribution < 1.29 is 9.18 Å². The van der Waals surface area contributed by atoms with Crippen LogP contribution < -0.4 is 10.5 Å². The first-order valence-corrected chi connectivity index (χ1v) is 10.1. The highest BCUT2D eigenvalue weighted by Gasteiger charge is 2.28. The number of hydrogen-bond acceptors (Lipinski definition) is 4. The molecule has 7 heteroatoms. The third-order valence-electron chi connectivity index (χ3n) is 5.11. The lowest BCUT2D eigenvalue weighted by molar-refractivity contribution is -0.116. The fourth-order valence-corrected chi connectivity index (χ4v) is 4.45. The molecule has 0 saturated carbocycles. The molecule has 0 radical (unpaired) electrons. The lowest BCUT2D eigenvalue weighted by Gasteiger charge is -2.35. The van der Waals surface area contributed by atoms with Gasteiger partial charge < -0.3 is 4.90 Å². The minimum atomic E-state index is -0.287. The van der Waals surface area contributed by atoms with Gasteiger partial charge in [-0.05, 0) is 55.7 Å². The molecule has 4 rings (SSSR count). The highest BCUT2D eigenvalue weighted by atomic mass is 32.2. The molecule has 0 unspecified atom stereocenters. The van der Waals surface area contributed by atoms with Crippen LogP contribution in [0.25, 0.3) is 10.9 Å². The number of aryl methyl sites for hydroxylation is 1. The van der Waals surface area contributed by atoms with Crippen LogP contribution in [-0.2, 0) is 18.3 Å². The van der Waals surface area contributed by atoms with Crippen LogP contribution >= 0.6 is 11.8 Å². The molecular weight excluding hydrogens is 377 g/mol. The molecule has 5 nitrogen and oxygen atoms in total. The summed E-state index contributed by atoms with van der Waals surface area (Å²) in [6.45, 7) is 2.00. The largest absolute Gasteiger partial charge is 0.309 e. The van der Waals surface area contributed by atoms with Gasteiger partial charge in [0.15, 0.2) is 5.16 Å². The number of halogens is 1. The lowest BCUT2D eigenvalue weighted by Crippen LogP contribution is -2.43. The highest BCUT2D eigenvalue weighted by molar-refractivity contribution is 7.99. The molecule has 1 aliphatic heterocycles. The fourth-order valence-electron chi connectivity index (χ4n) is 3.62. The number of carbonyl (C=O) groups excluding carboxylic acids is 1. The molecule has 144 valence electrons. The lowest BCUT2D eigenvalue weighted by atomic mass is 9.96. The molecule has 0 N–H and O–H groups in total. The molecule has 0 aliphatic carbocycles. The van der Waals surface area contributed by atoms with Crippen LogP contribution in [0.5, 0.6) is 0 Å². The summed E-state index contributed by atoms with van der Waals surface area (Å²) < 4.78 is 15.0. The van der Waals surface area contributed by atoms with Crippen LogP contribution in [0.15, 0.2) is 52.4 Å². The highest BCUT2D eigenvalue weighted by Crippen LogP contribution is 2.32. The van der Waals surface area contributed by atoms with E-state index in [1.165, 1.54) is 28.5 Å². The van der Waals surface area contributed by atoms with E-state index in [1.807, 2.05) is 13.0 Å². The predicted octanol–water partition coefficient (Wildman–Crippen LogP) is 3.53. The van der Waals surface area contributed by atoms with Gasteiger partial charge in [0.05, 0.1) is 16.7 Å². The van der Waals surface area contributed by atoms with Gasteiger partial charge in [-0.1, -0.05) is 23.9 Å². The first kappa shape index (κ1) is 18.7. The molecule has 1 aliphatic rings. The zero-order valence-electron chi connectivity index (χ0n) is 15.7. The topological polar surface area (TPSA) is 55.2 Å². The summed E-state index contributed by atoms with van der Waals surface area (Å²) in [7, 11) is 1.66. The SMILES string of the molecule is C[C@@H]1CCc2cc(F)ccc2N1C(=O)CSc1nc2ccccc2c(=O)n1C. The Bertz CT molecular complexity index is 1130. The molecule has 3 aromatic rings. The zero-order valence-corrected chi connectivity index (χ0v) is 16.5. The van der Waals surface area contributed by atoms with Crippen molar-refractivity contribution in [1.82, 2.24) is 9.55 Å². The second-order valence-electron chi connectivity index (χ2n) is 6.99. The van der Waals surface area contributed by atoms with Crippen LogP contribution in [0.3, 0.4) is 0 Å². The van der Waals surface area contributed by atoms with Gasteiger partial charge in [-0.15, -0.1) is 0 Å². The second kappa shape index (κ2) is 7.39. The number of nitrogens with zero attached hydrogens (tertiary/aromatic N) is 3. The van der Waals surface area contributed by atoms with E-state index in [9.17, 15) is 14.0 Å². The predicted molar refractivity (Wildman–Crippen MR) is 109 cm³/mol. The van der Waals surface area contributed by atoms with Crippen LogP contribution in [0, 0.1) is 5.82 Å². The monoisotopic (exact) mass is 397 g/mol. The number of carbonyl (C=O) groups is 1. The number of amides is 1. The summed E-state index contributed by atoms with van der Waals surface area (Å²) in [5.74, 6) is -0.210. The van der Waals surface area contributed by atoms with Gasteiger partial charge in [0.25, 0.3) is 5.56 Å². The Morgan fingerprint density at radius 3 is 2.89 bits per heavy atom. The van der Waals surface area contributed by atoms with Crippen molar-refractivity contribution in [2.75, 3.05) is 10.7 Å². The summed E-state index contributed by atoms with van der Waals surface area (Å²) >= 11 is 1.24. The van der Waals surface area contributed by atoms with Crippen LogP contribution in [0.4, 0.5) is 10.1 Å². The normalized spacial score (nSPS) is 16.2. The summed E-state index contributed by atoms with van der Waals surface area (Å²) in [4.78, 5) is 31.8. The number of para-hydroxylation sites is 1. The van der Waals surface area contributed by atoms with Crippen molar-refractivity contribution >= 4 is 34.3 Å². The Balaban J connectivity index is 1.59. The second-order valence-corrected chi connectivity index (χ2v) is 7.93. The Morgan fingerprint density at radius 1 is 1.29 bits per heavy atom. The number of rotatable bonds is 3. The Hall–Kier alpha value is -2.67. The minimum Gasteiger partial charge on any atom is -0.309 e. The Kier molecular flexibility index (Phi) is 4.93. The molecule has 2 heterocycles. The summed E-state index contributed by atoms with van der Waals surface area (Å²) in [6.07, 6.45) is 1.55. The Morgan fingerprint density at radius 2 is 2.07 bits per heavy atom. The van der Waals surface area contributed by atoms with Crippen molar-refractivity contribution in [3.8, 4) is 0 Å². The average Bonchev–Trinajstić information content (AvgIpc) is 2.69. The van der Waals surface area contributed by atoms with Gasteiger partial charge >= 0.3 is 0 Å². The standard InChI is InChI=1S/C21H20FN3O2S/c1-13-7-8-14-11-15(22)9-10-18(14)25(13)19(26)12-28-21-23-17-6-4-3-5-16(17)20(27)24(21)2/h3-6,9-11,13H,7-8,12H2,1-2H3/t13-/m1/s1. The van der Waals surface area contributed by atoms with Gasteiger partial charge in [-0.3, -0.25) is 14.2 Å². The van der Waals surface area contributed by atoms with Crippen LogP contribution in [0.1, 0.15) is 18.9 Å². The van der Waals surface area contributed by atoms with Gasteiger partial charge in [-0.25, -0.2) is 9.37 Å². The summed E-state index contributed by atoms with van der Waals surface area (Å²) in [5.41, 5.74) is 2.11. The van der Waals surface area contributed by atoms with Crippen molar-refractivity contribution in [2.24, 2.45) is 7.05 Å². The van der Waals surface area contributed by atoms with Crippen molar-refractivity contribution in [1.29, 1.82) is 0 Å². The van der Waals surface area contributed by atoms with Crippen molar-refractivity contribution in [3.63, 3.8) is 0 Å². The van der Waals surface area contributed by atoms with E-state index in [2.05, 4.69) is 4.98 Å². The third kappa shape index (κ3) is 3.30. The van der Waals surface area contributed by atoms with E-state index in [-0.39, 0.29) is 29.1 Å². The van der Waals surface area contributed by atoms with Crippen molar-refractivity contribution in [2.45, 2.75) is 31.0 Å². The first-order valence-electron chi connectivity index (χ1n) is 9.15. The number of thioether (sulfide) groups is 1. The molecule has 0 fully saturated rings. The third-order valence-corrected chi connectivity index (χ3v) is 6.12. The Labute approximate surface area is 166 Å². The summed E-state index contributed by atoms with van der Waals surface area (Å²) in [5, 5.41) is 1.06. The fraction of sp³-hybridized carbons (Fsp3) is 0.286. The van der Waals surface area contributed by atoms with Crippen molar-refractivity contribution in [3.05, 3.63) is 64.2 Å². The number of benzene rings is 2. The maximum absolute atomic E-state index is 13.6. The molecule has 1 atom stereocenters. The van der Waals surface area contributed by atoms with E-state index in [0.717, 1.165) is 24.1 Å². The van der Waals surface area contributed by atoms with E-state index in [0.29, 0.717) is 16.1 Å². The van der Waals surface area contributed by atoms with Crippen LogP contribution in [-0.4, -0.2) is 27.3 Å². The molecule has 0 spiro atoms. The molecule has 1 amide bonds. The molecule has 2 aromatic carbocycles. The molecule has 0 saturated heterocycles. The molecule has 1 aromatic heterocycles.